The van der Waals surface area contributed by atoms with Crippen LogP contribution < -0.4 is 0 Å². The number of nitro groups is 1. The standard InChI is InChI=1S/C14H16ClNO3/c15-13-7-3-1-5-10(13)12(9-16(18)19)11-6-2-4-8-14(11)17/h1,3,5,7,11-12H,2,4,6,8-9H2/t11?,12-/m0/s1. The van der Waals surface area contributed by atoms with Gasteiger partial charge in [-0.05, 0) is 24.5 Å². The van der Waals surface area contributed by atoms with Crippen molar-refractivity contribution < 1.29 is 9.72 Å². The van der Waals surface area contributed by atoms with Crippen LogP contribution in [0.25, 0.3) is 0 Å². The molecule has 0 N–H and O–H groups in total. The number of ketones is 1. The molecule has 5 heteroatoms. The van der Waals surface area contributed by atoms with Crippen LogP contribution in [0, 0.1) is 16.0 Å². The van der Waals surface area contributed by atoms with Crippen LogP contribution in [0.3, 0.4) is 0 Å². The predicted octanol–water partition coefficient (Wildman–Crippen LogP) is 3.46. The van der Waals surface area contributed by atoms with E-state index < -0.39 is 5.92 Å². The Bertz CT molecular complexity index is 489. The Labute approximate surface area is 116 Å². The van der Waals surface area contributed by atoms with E-state index in [9.17, 15) is 14.9 Å². The zero-order valence-electron chi connectivity index (χ0n) is 10.5. The first kappa shape index (κ1) is 14.0. The minimum Gasteiger partial charge on any atom is -0.299 e. The summed E-state index contributed by atoms with van der Waals surface area (Å²) < 4.78 is 0. The predicted molar refractivity (Wildman–Crippen MR) is 73.0 cm³/mol. The quantitative estimate of drug-likeness (QED) is 0.627. The van der Waals surface area contributed by atoms with Crippen molar-refractivity contribution in [2.24, 2.45) is 5.92 Å². The van der Waals surface area contributed by atoms with Crippen LogP contribution in [0.15, 0.2) is 24.3 Å². The normalized spacial score (nSPS) is 21.1. The number of rotatable bonds is 4. The fraction of sp³-hybridized carbons (Fsp3) is 0.500. The molecule has 1 aliphatic rings. The maximum atomic E-state index is 12.0. The molecule has 102 valence electrons. The van der Waals surface area contributed by atoms with Gasteiger partial charge in [0.2, 0.25) is 6.54 Å². The molecule has 0 heterocycles. The Balaban J connectivity index is 2.32. The third kappa shape index (κ3) is 3.32. The van der Waals surface area contributed by atoms with Crippen LogP contribution in [0.1, 0.15) is 37.2 Å². The molecular formula is C14H16ClNO3. The number of Topliss-reactive ketones (excluding diaryl/α,β-unsaturated/α-hetero) is 1. The summed E-state index contributed by atoms with van der Waals surface area (Å²) in [5.74, 6) is -0.534. The van der Waals surface area contributed by atoms with Crippen LogP contribution in [-0.4, -0.2) is 17.3 Å². The lowest BCUT2D eigenvalue weighted by Crippen LogP contribution is -2.30. The number of benzene rings is 1. The molecule has 1 aliphatic carbocycles. The van der Waals surface area contributed by atoms with E-state index in [0.717, 1.165) is 24.8 Å². The molecule has 0 aromatic heterocycles. The minimum absolute atomic E-state index is 0.137. The maximum absolute atomic E-state index is 12.0. The first-order valence-electron chi connectivity index (χ1n) is 6.48. The third-order valence-electron chi connectivity index (χ3n) is 3.74. The Morgan fingerprint density at radius 1 is 1.37 bits per heavy atom. The molecule has 1 aromatic rings. The summed E-state index contributed by atoms with van der Waals surface area (Å²) in [5, 5.41) is 11.4. The van der Waals surface area contributed by atoms with Crippen molar-refractivity contribution in [3.05, 3.63) is 45.0 Å². The van der Waals surface area contributed by atoms with Gasteiger partial charge in [-0.15, -0.1) is 0 Å². The van der Waals surface area contributed by atoms with Crippen molar-refractivity contribution in [1.29, 1.82) is 0 Å². The van der Waals surface area contributed by atoms with Crippen molar-refractivity contribution >= 4 is 17.4 Å². The van der Waals surface area contributed by atoms with Gasteiger partial charge in [0.25, 0.3) is 0 Å². The first-order valence-corrected chi connectivity index (χ1v) is 6.86. The molecule has 4 nitrogen and oxygen atoms in total. The number of hydrogen-bond acceptors (Lipinski definition) is 3. The fourth-order valence-corrected chi connectivity index (χ4v) is 3.09. The van der Waals surface area contributed by atoms with Gasteiger partial charge in [0.05, 0.1) is 5.92 Å². The molecule has 2 rings (SSSR count). The second-order valence-electron chi connectivity index (χ2n) is 4.96. The smallest absolute Gasteiger partial charge is 0.211 e. The van der Waals surface area contributed by atoms with E-state index in [2.05, 4.69) is 0 Å². The zero-order valence-corrected chi connectivity index (χ0v) is 11.3. The van der Waals surface area contributed by atoms with Crippen LogP contribution in [-0.2, 0) is 4.79 Å². The molecule has 0 saturated heterocycles. The van der Waals surface area contributed by atoms with Gasteiger partial charge in [0.15, 0.2) is 0 Å². The lowest BCUT2D eigenvalue weighted by atomic mass is 9.76. The van der Waals surface area contributed by atoms with Crippen molar-refractivity contribution in [3.63, 3.8) is 0 Å². The van der Waals surface area contributed by atoms with E-state index in [1.807, 2.05) is 6.07 Å². The van der Waals surface area contributed by atoms with E-state index >= 15 is 0 Å². The van der Waals surface area contributed by atoms with Gasteiger partial charge >= 0.3 is 0 Å². The summed E-state index contributed by atoms with van der Waals surface area (Å²) >= 11 is 6.14. The molecule has 19 heavy (non-hydrogen) atoms. The fourth-order valence-electron chi connectivity index (χ4n) is 2.81. The largest absolute Gasteiger partial charge is 0.299 e. The number of nitrogens with zero attached hydrogens (tertiary/aromatic N) is 1. The topological polar surface area (TPSA) is 60.2 Å². The summed E-state index contributed by atoms with van der Waals surface area (Å²) in [6, 6.07) is 7.11. The zero-order chi connectivity index (χ0) is 13.8. The van der Waals surface area contributed by atoms with Crippen LogP contribution in [0.5, 0.6) is 0 Å². The average molecular weight is 282 g/mol. The summed E-state index contributed by atoms with van der Waals surface area (Å²) in [6.45, 7) is -0.236. The molecule has 1 fully saturated rings. The van der Waals surface area contributed by atoms with Crippen LogP contribution in [0.2, 0.25) is 5.02 Å². The SMILES string of the molecule is O=C1CCCCC1[C@@H](C[N+](=O)[O-])c1ccccc1Cl. The summed E-state index contributed by atoms with van der Waals surface area (Å²) in [4.78, 5) is 22.6. The number of halogens is 1. The molecule has 0 amide bonds. The van der Waals surface area contributed by atoms with Crippen molar-refractivity contribution in [2.75, 3.05) is 6.54 Å². The number of carbonyl (C=O) groups excluding carboxylic acids is 1. The molecule has 0 spiro atoms. The van der Waals surface area contributed by atoms with Gasteiger partial charge < -0.3 is 0 Å². The van der Waals surface area contributed by atoms with E-state index in [1.54, 1.807) is 18.2 Å². The highest BCUT2D eigenvalue weighted by Gasteiger charge is 2.35. The Morgan fingerprint density at radius 3 is 2.74 bits per heavy atom. The van der Waals surface area contributed by atoms with Gasteiger partial charge in [-0.2, -0.15) is 0 Å². The molecule has 0 radical (unpaired) electrons. The Hall–Kier alpha value is -1.42. The van der Waals surface area contributed by atoms with Crippen LogP contribution in [0.4, 0.5) is 0 Å². The first-order chi connectivity index (χ1) is 9.09. The maximum Gasteiger partial charge on any atom is 0.211 e. The molecule has 0 aliphatic heterocycles. The molecule has 1 aromatic carbocycles. The Morgan fingerprint density at radius 2 is 2.11 bits per heavy atom. The summed E-state index contributed by atoms with van der Waals surface area (Å²) in [5.41, 5.74) is 0.723. The summed E-state index contributed by atoms with van der Waals surface area (Å²) in [7, 11) is 0. The molecule has 2 atom stereocenters. The monoisotopic (exact) mass is 281 g/mol. The lowest BCUT2D eigenvalue weighted by Gasteiger charge is -2.27. The van der Waals surface area contributed by atoms with Gasteiger partial charge in [0, 0.05) is 22.3 Å². The van der Waals surface area contributed by atoms with Gasteiger partial charge in [-0.1, -0.05) is 36.2 Å². The molecular weight excluding hydrogens is 266 g/mol. The lowest BCUT2D eigenvalue weighted by molar-refractivity contribution is -0.484. The molecule has 1 saturated carbocycles. The minimum atomic E-state index is -0.406. The van der Waals surface area contributed by atoms with Crippen molar-refractivity contribution in [1.82, 2.24) is 0 Å². The Kier molecular flexibility index (Phi) is 4.53. The highest BCUT2D eigenvalue weighted by molar-refractivity contribution is 6.31. The van der Waals surface area contributed by atoms with Gasteiger partial charge in [-0.3, -0.25) is 14.9 Å². The van der Waals surface area contributed by atoms with E-state index in [0.29, 0.717) is 11.4 Å². The van der Waals surface area contributed by atoms with E-state index in [1.165, 1.54) is 0 Å². The van der Waals surface area contributed by atoms with Crippen LogP contribution >= 0.6 is 11.6 Å². The van der Waals surface area contributed by atoms with Crippen molar-refractivity contribution in [2.45, 2.75) is 31.6 Å². The molecule has 1 unspecified atom stereocenters. The second kappa shape index (κ2) is 6.15. The second-order valence-corrected chi connectivity index (χ2v) is 5.37. The summed E-state index contributed by atoms with van der Waals surface area (Å²) in [6.07, 6.45) is 3.10. The van der Waals surface area contributed by atoms with E-state index in [-0.39, 0.29) is 23.2 Å². The average Bonchev–Trinajstić information content (AvgIpc) is 2.37. The number of carbonyl (C=O) groups is 1. The highest BCUT2D eigenvalue weighted by atomic mass is 35.5. The van der Waals surface area contributed by atoms with Crippen molar-refractivity contribution in [3.8, 4) is 0 Å². The van der Waals surface area contributed by atoms with E-state index in [4.69, 9.17) is 11.6 Å². The third-order valence-corrected chi connectivity index (χ3v) is 4.08. The van der Waals surface area contributed by atoms with Gasteiger partial charge in [-0.25, -0.2) is 0 Å². The van der Waals surface area contributed by atoms with Gasteiger partial charge in [0.1, 0.15) is 5.78 Å². The number of hydrogen-bond donors (Lipinski definition) is 0. The molecule has 0 bridgehead atoms. The highest BCUT2D eigenvalue weighted by Crippen LogP contribution is 2.36.